The first kappa shape index (κ1) is 21.6. The molecule has 0 radical (unpaired) electrons. The summed E-state index contributed by atoms with van der Waals surface area (Å²) in [5.41, 5.74) is 2.16. The van der Waals surface area contributed by atoms with E-state index in [0.29, 0.717) is 11.5 Å². The van der Waals surface area contributed by atoms with Crippen molar-refractivity contribution < 1.29 is 17.6 Å². The molecule has 3 aromatic carbocycles. The Kier molecular flexibility index (Phi) is 6.62. The number of hydrogen-bond acceptors (Lipinski definition) is 3. The highest BCUT2D eigenvalue weighted by Gasteiger charge is 2.31. The topological polar surface area (TPSA) is 36.4 Å². The van der Waals surface area contributed by atoms with Gasteiger partial charge in [-0.25, -0.2) is 22.6 Å². The van der Waals surface area contributed by atoms with E-state index >= 15 is 0 Å². The number of aliphatic imine (C=N–C) groups is 1. The van der Waals surface area contributed by atoms with Gasteiger partial charge >= 0.3 is 0 Å². The van der Waals surface area contributed by atoms with Crippen LogP contribution in [0.2, 0.25) is 0 Å². The Labute approximate surface area is 177 Å². The van der Waals surface area contributed by atoms with E-state index in [9.17, 15) is 17.6 Å². The fourth-order valence-corrected chi connectivity index (χ4v) is 3.27. The predicted molar refractivity (Wildman–Crippen MR) is 109 cm³/mol. The summed E-state index contributed by atoms with van der Waals surface area (Å²) in [4.78, 5) is 4.63. The van der Waals surface area contributed by atoms with Gasteiger partial charge in [-0.05, 0) is 53.1 Å². The van der Waals surface area contributed by atoms with Crippen LogP contribution in [-0.4, -0.2) is 5.96 Å². The van der Waals surface area contributed by atoms with Crippen LogP contribution in [0, 0.1) is 23.3 Å². The molecule has 3 aromatic rings. The van der Waals surface area contributed by atoms with E-state index in [1.807, 2.05) is 0 Å². The summed E-state index contributed by atoms with van der Waals surface area (Å²) in [5.74, 6) is -2.06. The Morgan fingerprint density at radius 3 is 1.97 bits per heavy atom. The Hall–Kier alpha value is -3.06. The van der Waals surface area contributed by atoms with Crippen LogP contribution in [-0.2, 0) is 6.54 Å². The lowest BCUT2D eigenvalue weighted by Gasteiger charge is -2.19. The van der Waals surface area contributed by atoms with Gasteiger partial charge in [-0.3, -0.25) is 0 Å². The van der Waals surface area contributed by atoms with Crippen LogP contribution in [0.15, 0.2) is 71.7 Å². The first-order valence-corrected chi connectivity index (χ1v) is 9.02. The molecule has 156 valence electrons. The third kappa shape index (κ3) is 4.74. The van der Waals surface area contributed by atoms with Gasteiger partial charge in [0, 0.05) is 6.54 Å². The zero-order chi connectivity index (χ0) is 20.4. The molecule has 2 atom stereocenters. The van der Waals surface area contributed by atoms with Gasteiger partial charge in [-0.15, -0.1) is 12.4 Å². The zero-order valence-corrected chi connectivity index (χ0v) is 16.4. The molecule has 1 aliphatic rings. The Morgan fingerprint density at radius 1 is 0.767 bits per heavy atom. The summed E-state index contributed by atoms with van der Waals surface area (Å²) < 4.78 is 53.1. The van der Waals surface area contributed by atoms with Crippen LogP contribution in [0.4, 0.5) is 17.6 Å². The third-order valence-corrected chi connectivity index (χ3v) is 4.76. The molecular formula is C22H18ClF4N3. The highest BCUT2D eigenvalue weighted by Crippen LogP contribution is 2.35. The smallest absolute Gasteiger partial charge is 0.192 e. The van der Waals surface area contributed by atoms with Gasteiger partial charge in [0.2, 0.25) is 0 Å². The van der Waals surface area contributed by atoms with E-state index in [4.69, 9.17) is 0 Å². The molecule has 1 aliphatic heterocycles. The molecule has 0 aliphatic carbocycles. The van der Waals surface area contributed by atoms with Gasteiger partial charge < -0.3 is 10.6 Å². The molecular weight excluding hydrogens is 418 g/mol. The fourth-order valence-electron chi connectivity index (χ4n) is 3.27. The molecule has 0 spiro atoms. The third-order valence-electron chi connectivity index (χ3n) is 4.76. The highest BCUT2D eigenvalue weighted by atomic mass is 35.5. The Morgan fingerprint density at radius 2 is 1.37 bits per heavy atom. The van der Waals surface area contributed by atoms with Crippen molar-refractivity contribution in [1.29, 1.82) is 0 Å². The number of hydrogen-bond donors (Lipinski definition) is 2. The SMILES string of the molecule is Cl.Fc1ccc([C@H]2NC(NCc3ccc(F)c(F)c3)=N[C@H]2c2ccc(F)cc2)cc1. The second kappa shape index (κ2) is 9.17. The molecule has 0 saturated carbocycles. The maximum atomic E-state index is 13.4. The van der Waals surface area contributed by atoms with Gasteiger partial charge in [0.05, 0.1) is 6.04 Å². The average molecular weight is 436 g/mol. The van der Waals surface area contributed by atoms with E-state index in [-0.39, 0.29) is 42.7 Å². The predicted octanol–water partition coefficient (Wildman–Crippen LogP) is 5.20. The molecule has 0 unspecified atom stereocenters. The molecule has 1 heterocycles. The summed E-state index contributed by atoms with van der Waals surface area (Å²) in [5, 5.41) is 6.31. The second-order valence-corrected chi connectivity index (χ2v) is 6.75. The van der Waals surface area contributed by atoms with Gasteiger partial charge in [-0.2, -0.15) is 0 Å². The van der Waals surface area contributed by atoms with E-state index in [1.54, 1.807) is 24.3 Å². The first-order chi connectivity index (χ1) is 14.0. The van der Waals surface area contributed by atoms with Gasteiger partial charge in [0.25, 0.3) is 0 Å². The average Bonchev–Trinajstić information content (AvgIpc) is 3.14. The summed E-state index contributed by atoms with van der Waals surface area (Å²) in [6.45, 7) is 0.231. The second-order valence-electron chi connectivity index (χ2n) is 6.75. The molecule has 0 bridgehead atoms. The van der Waals surface area contributed by atoms with Gasteiger partial charge in [-0.1, -0.05) is 30.3 Å². The van der Waals surface area contributed by atoms with E-state index in [0.717, 1.165) is 23.3 Å². The number of nitrogens with one attached hydrogen (secondary N) is 2. The minimum Gasteiger partial charge on any atom is -0.352 e. The Bertz CT molecular complexity index is 1040. The van der Waals surface area contributed by atoms with Crippen molar-refractivity contribution in [2.45, 2.75) is 18.6 Å². The van der Waals surface area contributed by atoms with Crippen molar-refractivity contribution in [3.8, 4) is 0 Å². The summed E-state index contributed by atoms with van der Waals surface area (Å²) in [6.07, 6.45) is 0. The first-order valence-electron chi connectivity index (χ1n) is 9.02. The van der Waals surface area contributed by atoms with Crippen molar-refractivity contribution >= 4 is 18.4 Å². The lowest BCUT2D eigenvalue weighted by atomic mass is 9.95. The summed E-state index contributed by atoms with van der Waals surface area (Å²) in [6, 6.07) is 15.1. The van der Waals surface area contributed by atoms with Crippen molar-refractivity contribution in [2.24, 2.45) is 4.99 Å². The van der Waals surface area contributed by atoms with E-state index in [1.165, 1.54) is 30.3 Å². The van der Waals surface area contributed by atoms with E-state index < -0.39 is 11.6 Å². The minimum atomic E-state index is -0.918. The molecule has 0 amide bonds. The molecule has 0 saturated heterocycles. The largest absolute Gasteiger partial charge is 0.352 e. The van der Waals surface area contributed by atoms with Crippen LogP contribution in [0.1, 0.15) is 28.8 Å². The molecule has 2 N–H and O–H groups in total. The molecule has 30 heavy (non-hydrogen) atoms. The quantitative estimate of drug-likeness (QED) is 0.553. The lowest BCUT2D eigenvalue weighted by Crippen LogP contribution is -2.35. The lowest BCUT2D eigenvalue weighted by molar-refractivity contribution is 0.506. The zero-order valence-electron chi connectivity index (χ0n) is 15.6. The molecule has 3 nitrogen and oxygen atoms in total. The van der Waals surface area contributed by atoms with Crippen molar-refractivity contribution in [3.63, 3.8) is 0 Å². The van der Waals surface area contributed by atoms with Crippen molar-refractivity contribution in [3.05, 3.63) is 107 Å². The molecule has 0 fully saturated rings. The highest BCUT2D eigenvalue weighted by molar-refractivity contribution is 5.85. The molecule has 0 aromatic heterocycles. The summed E-state index contributed by atoms with van der Waals surface area (Å²) in [7, 11) is 0. The maximum absolute atomic E-state index is 13.4. The van der Waals surface area contributed by atoms with Crippen LogP contribution >= 0.6 is 12.4 Å². The number of rotatable bonds is 4. The van der Waals surface area contributed by atoms with Crippen LogP contribution in [0.25, 0.3) is 0 Å². The maximum Gasteiger partial charge on any atom is 0.192 e. The summed E-state index contributed by atoms with van der Waals surface area (Å²) >= 11 is 0. The Balaban J connectivity index is 0.00000256. The number of nitrogens with zero attached hydrogens (tertiary/aromatic N) is 1. The van der Waals surface area contributed by atoms with Crippen molar-refractivity contribution in [2.75, 3.05) is 0 Å². The number of guanidine groups is 1. The number of benzene rings is 3. The van der Waals surface area contributed by atoms with Gasteiger partial charge in [0.1, 0.15) is 17.7 Å². The standard InChI is InChI=1S/C22H17F4N3.ClH/c23-16-6-2-14(3-7-16)20-21(15-4-8-17(24)9-5-15)29-22(28-20)27-12-13-1-10-18(25)19(26)11-13;/h1-11,20-21H,12H2,(H2,27,28,29);1H/t20-,21+;. The van der Waals surface area contributed by atoms with Crippen molar-refractivity contribution in [1.82, 2.24) is 10.6 Å². The normalized spacial score (nSPS) is 17.7. The van der Waals surface area contributed by atoms with E-state index in [2.05, 4.69) is 15.6 Å². The fraction of sp³-hybridized carbons (Fsp3) is 0.136. The van der Waals surface area contributed by atoms with Crippen LogP contribution in [0.5, 0.6) is 0 Å². The monoisotopic (exact) mass is 435 g/mol. The molecule has 4 rings (SSSR count). The number of halogens is 5. The molecule has 8 heteroatoms. The van der Waals surface area contributed by atoms with Crippen LogP contribution < -0.4 is 10.6 Å². The van der Waals surface area contributed by atoms with Crippen LogP contribution in [0.3, 0.4) is 0 Å². The van der Waals surface area contributed by atoms with Gasteiger partial charge in [0.15, 0.2) is 17.6 Å². The minimum absolute atomic E-state index is 0.